The molecule has 0 radical (unpaired) electrons. The number of furan rings is 1. The van der Waals surface area contributed by atoms with Gasteiger partial charge in [-0.25, -0.2) is 0 Å². The Balaban J connectivity index is 2.42. The summed E-state index contributed by atoms with van der Waals surface area (Å²) in [5.74, 6) is 0. The van der Waals surface area contributed by atoms with Gasteiger partial charge in [-0.1, -0.05) is 12.1 Å². The molecule has 2 heterocycles. The van der Waals surface area contributed by atoms with Crippen molar-refractivity contribution in [2.24, 2.45) is 0 Å². The zero-order valence-corrected chi connectivity index (χ0v) is 10.5. The second-order valence-electron chi connectivity index (χ2n) is 4.42. The van der Waals surface area contributed by atoms with Crippen molar-refractivity contribution in [3.8, 4) is 11.1 Å². The smallest absolute Gasteiger partial charge is 0.418 e. The lowest BCUT2D eigenvalue weighted by Gasteiger charge is -2.12. The molecule has 2 aromatic heterocycles. The largest absolute Gasteiger partial charge is 0.472 e. The van der Waals surface area contributed by atoms with E-state index in [1.165, 1.54) is 24.7 Å². The number of alkyl halides is 3. The molecule has 3 aromatic rings. The number of nitrogens with zero attached hydrogens (tertiary/aromatic N) is 1. The second-order valence-corrected chi connectivity index (χ2v) is 4.42. The summed E-state index contributed by atoms with van der Waals surface area (Å²) in [7, 11) is 0. The van der Waals surface area contributed by atoms with Crippen LogP contribution in [-0.2, 0) is 6.18 Å². The average molecular weight is 291 g/mol. The predicted octanol–water partition coefficient (Wildman–Crippen LogP) is 4.33. The van der Waals surface area contributed by atoms with E-state index in [9.17, 15) is 18.0 Å². The van der Waals surface area contributed by atoms with Crippen molar-refractivity contribution in [3.05, 3.63) is 54.1 Å². The molecule has 0 amide bonds. The van der Waals surface area contributed by atoms with Gasteiger partial charge in [0.05, 0.1) is 23.6 Å². The molecule has 21 heavy (non-hydrogen) atoms. The van der Waals surface area contributed by atoms with Crippen LogP contribution in [0.4, 0.5) is 13.2 Å². The standard InChI is InChI=1S/C15H8F3NO2/c16-15(17,18)12-3-1-2-11-13(9-4-5-21-8-9)10(7-20)6-19-14(11)12/h1-8H. The third kappa shape index (κ3) is 2.18. The molecule has 0 aliphatic heterocycles. The Morgan fingerprint density at radius 3 is 2.62 bits per heavy atom. The number of aldehydes is 1. The minimum atomic E-state index is -4.51. The van der Waals surface area contributed by atoms with Gasteiger partial charge >= 0.3 is 6.18 Å². The number of hydrogen-bond donors (Lipinski definition) is 0. The van der Waals surface area contributed by atoms with Crippen LogP contribution in [-0.4, -0.2) is 11.3 Å². The Morgan fingerprint density at radius 2 is 2.00 bits per heavy atom. The lowest BCUT2D eigenvalue weighted by Crippen LogP contribution is -2.07. The fraction of sp³-hybridized carbons (Fsp3) is 0.0667. The highest BCUT2D eigenvalue weighted by Crippen LogP contribution is 2.38. The van der Waals surface area contributed by atoms with Crippen molar-refractivity contribution in [2.75, 3.05) is 0 Å². The van der Waals surface area contributed by atoms with Crippen LogP contribution in [0.25, 0.3) is 22.0 Å². The van der Waals surface area contributed by atoms with Crippen molar-refractivity contribution in [1.82, 2.24) is 4.98 Å². The molecule has 6 heteroatoms. The maximum atomic E-state index is 13.0. The summed E-state index contributed by atoms with van der Waals surface area (Å²) in [6.45, 7) is 0. The van der Waals surface area contributed by atoms with Crippen LogP contribution in [0, 0.1) is 0 Å². The van der Waals surface area contributed by atoms with E-state index in [2.05, 4.69) is 4.98 Å². The number of pyridine rings is 1. The minimum Gasteiger partial charge on any atom is -0.472 e. The van der Waals surface area contributed by atoms with Crippen LogP contribution in [0.3, 0.4) is 0 Å². The minimum absolute atomic E-state index is 0.188. The van der Waals surface area contributed by atoms with Gasteiger partial charge in [-0.15, -0.1) is 0 Å². The van der Waals surface area contributed by atoms with Gasteiger partial charge in [0.2, 0.25) is 0 Å². The van der Waals surface area contributed by atoms with Crippen LogP contribution >= 0.6 is 0 Å². The van der Waals surface area contributed by atoms with Crippen molar-refractivity contribution in [2.45, 2.75) is 6.18 Å². The molecule has 0 saturated heterocycles. The number of aromatic nitrogens is 1. The first-order valence-corrected chi connectivity index (χ1v) is 5.99. The monoisotopic (exact) mass is 291 g/mol. The predicted molar refractivity (Wildman–Crippen MR) is 69.8 cm³/mol. The maximum Gasteiger partial charge on any atom is 0.418 e. The van der Waals surface area contributed by atoms with Crippen LogP contribution < -0.4 is 0 Å². The maximum absolute atomic E-state index is 13.0. The van der Waals surface area contributed by atoms with E-state index < -0.39 is 11.7 Å². The first kappa shape index (κ1) is 13.4. The molecule has 0 aliphatic rings. The fourth-order valence-corrected chi connectivity index (χ4v) is 2.29. The van der Waals surface area contributed by atoms with Crippen LogP contribution in [0.15, 0.2) is 47.4 Å². The zero-order valence-electron chi connectivity index (χ0n) is 10.5. The number of benzene rings is 1. The molecule has 0 atom stereocenters. The Hall–Kier alpha value is -2.63. The van der Waals surface area contributed by atoms with Crippen LogP contribution in [0.1, 0.15) is 15.9 Å². The van der Waals surface area contributed by atoms with E-state index in [1.807, 2.05) is 0 Å². The molecule has 1 aromatic carbocycles. The van der Waals surface area contributed by atoms with E-state index in [0.29, 0.717) is 17.4 Å². The lowest BCUT2D eigenvalue weighted by molar-refractivity contribution is -0.136. The van der Waals surface area contributed by atoms with Crippen molar-refractivity contribution in [3.63, 3.8) is 0 Å². The van der Waals surface area contributed by atoms with Crippen molar-refractivity contribution >= 4 is 17.2 Å². The molecule has 0 spiro atoms. The van der Waals surface area contributed by atoms with Crippen molar-refractivity contribution < 1.29 is 22.4 Å². The Morgan fingerprint density at radius 1 is 1.19 bits per heavy atom. The molecular formula is C15H8F3NO2. The summed E-state index contributed by atoms with van der Waals surface area (Å²) < 4.78 is 44.1. The number of hydrogen-bond acceptors (Lipinski definition) is 3. The summed E-state index contributed by atoms with van der Waals surface area (Å²) >= 11 is 0. The number of halogens is 3. The van der Waals surface area contributed by atoms with E-state index >= 15 is 0 Å². The number of rotatable bonds is 2. The van der Waals surface area contributed by atoms with E-state index in [4.69, 9.17) is 4.42 Å². The van der Waals surface area contributed by atoms with E-state index in [-0.39, 0.29) is 16.5 Å². The molecule has 0 saturated carbocycles. The number of carbonyl (C=O) groups is 1. The highest BCUT2D eigenvalue weighted by molar-refractivity contribution is 6.03. The molecule has 3 rings (SSSR count). The van der Waals surface area contributed by atoms with Crippen LogP contribution in [0.2, 0.25) is 0 Å². The number of fused-ring (bicyclic) bond motifs is 1. The first-order valence-electron chi connectivity index (χ1n) is 5.99. The third-order valence-electron chi connectivity index (χ3n) is 3.17. The first-order chi connectivity index (χ1) is 10.0. The van der Waals surface area contributed by atoms with Gasteiger partial charge in [0.25, 0.3) is 0 Å². The molecule has 0 fully saturated rings. The van der Waals surface area contributed by atoms with Gasteiger partial charge < -0.3 is 4.42 Å². The normalized spacial score (nSPS) is 11.8. The Kier molecular flexibility index (Phi) is 3.01. The molecular weight excluding hydrogens is 283 g/mol. The summed E-state index contributed by atoms with van der Waals surface area (Å²) in [4.78, 5) is 15.0. The quantitative estimate of drug-likeness (QED) is 0.660. The van der Waals surface area contributed by atoms with Gasteiger partial charge in [-0.05, 0) is 12.1 Å². The van der Waals surface area contributed by atoms with Gasteiger partial charge in [0.15, 0.2) is 6.29 Å². The highest BCUT2D eigenvalue weighted by atomic mass is 19.4. The lowest BCUT2D eigenvalue weighted by atomic mass is 9.97. The molecule has 0 bridgehead atoms. The van der Waals surface area contributed by atoms with E-state index in [0.717, 1.165) is 12.3 Å². The number of carbonyl (C=O) groups excluding carboxylic acids is 1. The van der Waals surface area contributed by atoms with Gasteiger partial charge in [-0.2, -0.15) is 13.2 Å². The summed E-state index contributed by atoms with van der Waals surface area (Å²) in [5.41, 5.74) is 0.107. The fourth-order valence-electron chi connectivity index (χ4n) is 2.29. The zero-order chi connectivity index (χ0) is 15.0. The summed E-state index contributed by atoms with van der Waals surface area (Å²) in [5, 5.41) is 0.260. The third-order valence-corrected chi connectivity index (χ3v) is 3.17. The Labute approximate surface area is 117 Å². The molecule has 3 nitrogen and oxygen atoms in total. The topological polar surface area (TPSA) is 43.1 Å². The van der Waals surface area contributed by atoms with Gasteiger partial charge in [0, 0.05) is 28.3 Å². The Bertz CT molecular complexity index is 808. The van der Waals surface area contributed by atoms with Gasteiger partial charge in [-0.3, -0.25) is 9.78 Å². The molecule has 0 aliphatic carbocycles. The molecule has 106 valence electrons. The van der Waals surface area contributed by atoms with Crippen molar-refractivity contribution in [1.29, 1.82) is 0 Å². The summed E-state index contributed by atoms with van der Waals surface area (Å²) in [6, 6.07) is 5.36. The average Bonchev–Trinajstić information content (AvgIpc) is 2.98. The van der Waals surface area contributed by atoms with Crippen LogP contribution in [0.5, 0.6) is 0 Å². The number of para-hydroxylation sites is 1. The van der Waals surface area contributed by atoms with Gasteiger partial charge in [0.1, 0.15) is 0 Å². The molecule has 0 unspecified atom stereocenters. The SMILES string of the molecule is O=Cc1cnc2c(C(F)(F)F)cccc2c1-c1ccoc1. The summed E-state index contributed by atoms with van der Waals surface area (Å²) in [6.07, 6.45) is -0.0311. The van der Waals surface area contributed by atoms with E-state index in [1.54, 1.807) is 6.07 Å². The molecule has 0 N–H and O–H groups in total. The second kappa shape index (κ2) is 4.73. The highest BCUT2D eigenvalue weighted by Gasteiger charge is 2.33.